The molecule has 2 N–H and O–H groups in total. The highest BCUT2D eigenvalue weighted by atomic mass is 80.0. The van der Waals surface area contributed by atoms with Gasteiger partial charge in [0.05, 0.1) is 0 Å². The second-order valence-electron chi connectivity index (χ2n) is 1.92. The molecular formula is C4H4Br6O3. The fourth-order valence-electron chi connectivity index (χ4n) is 0.276. The molecule has 0 amide bonds. The van der Waals surface area contributed by atoms with Crippen molar-refractivity contribution in [3.05, 3.63) is 0 Å². The minimum absolute atomic E-state index is 0.994. The number of aliphatic hydroxyl groups excluding tert-OH is 2. The van der Waals surface area contributed by atoms with Crippen molar-refractivity contribution >= 4 is 95.6 Å². The summed E-state index contributed by atoms with van der Waals surface area (Å²) in [6.07, 6.45) is -2.57. The highest BCUT2D eigenvalue weighted by molar-refractivity contribution is 9.39. The Morgan fingerprint density at radius 3 is 1.15 bits per heavy atom. The molecule has 0 spiro atoms. The van der Waals surface area contributed by atoms with Crippen molar-refractivity contribution < 1.29 is 14.9 Å². The molecule has 0 radical (unpaired) electrons. The molecule has 13 heavy (non-hydrogen) atoms. The van der Waals surface area contributed by atoms with Crippen LogP contribution >= 0.6 is 95.6 Å². The van der Waals surface area contributed by atoms with E-state index < -0.39 is 16.9 Å². The monoisotopic (exact) mass is 574 g/mol. The molecule has 0 saturated heterocycles. The number of rotatable bonds is 2. The summed E-state index contributed by atoms with van der Waals surface area (Å²) in [5.41, 5.74) is 0. The second-order valence-corrected chi connectivity index (χ2v) is 15.8. The van der Waals surface area contributed by atoms with Gasteiger partial charge in [-0.05, 0) is 0 Å². The molecule has 2 unspecified atom stereocenters. The molecule has 80 valence electrons. The zero-order chi connectivity index (χ0) is 10.9. The lowest BCUT2D eigenvalue weighted by molar-refractivity contribution is -0.195. The van der Waals surface area contributed by atoms with Crippen LogP contribution < -0.4 is 0 Å². The Balaban J connectivity index is 4.15. The van der Waals surface area contributed by atoms with Crippen molar-refractivity contribution in [2.45, 2.75) is 16.9 Å². The van der Waals surface area contributed by atoms with Gasteiger partial charge in [-0.15, -0.1) is 0 Å². The summed E-state index contributed by atoms with van der Waals surface area (Å²) < 4.78 is 2.82. The van der Waals surface area contributed by atoms with Gasteiger partial charge in [-0.2, -0.15) is 0 Å². The normalized spacial score (nSPS) is 18.5. The predicted molar refractivity (Wildman–Crippen MR) is 72.1 cm³/mol. The molecule has 3 nitrogen and oxygen atoms in total. The average molecular weight is 579 g/mol. The topological polar surface area (TPSA) is 49.7 Å². The molecule has 2 atom stereocenters. The summed E-state index contributed by atoms with van der Waals surface area (Å²) in [5, 5.41) is 18.7. The van der Waals surface area contributed by atoms with Gasteiger partial charge in [0.2, 0.25) is 0 Å². The SMILES string of the molecule is OC(OC(O)C(Br)(Br)Br)C(Br)(Br)Br. The molecular weight excluding hydrogens is 575 g/mol. The van der Waals surface area contributed by atoms with Crippen molar-refractivity contribution in [1.82, 2.24) is 0 Å². The number of hydrogen-bond acceptors (Lipinski definition) is 3. The maximum absolute atomic E-state index is 9.33. The van der Waals surface area contributed by atoms with Crippen molar-refractivity contribution in [1.29, 1.82) is 0 Å². The van der Waals surface area contributed by atoms with E-state index >= 15 is 0 Å². The van der Waals surface area contributed by atoms with E-state index in [1.165, 1.54) is 0 Å². The smallest absolute Gasteiger partial charge is 0.193 e. The molecule has 0 aliphatic rings. The maximum atomic E-state index is 9.33. The molecule has 0 heterocycles. The zero-order valence-electron chi connectivity index (χ0n) is 5.73. The van der Waals surface area contributed by atoms with Crippen LogP contribution in [0.25, 0.3) is 0 Å². The first-order valence-electron chi connectivity index (χ1n) is 2.70. The summed E-state index contributed by atoms with van der Waals surface area (Å²) in [4.78, 5) is 0. The molecule has 0 aromatic heterocycles. The van der Waals surface area contributed by atoms with Gasteiger partial charge < -0.3 is 14.9 Å². The van der Waals surface area contributed by atoms with E-state index in [1.807, 2.05) is 0 Å². The van der Waals surface area contributed by atoms with Crippen LogP contribution in [-0.2, 0) is 4.74 Å². The molecule has 0 aliphatic heterocycles. The van der Waals surface area contributed by atoms with E-state index in [4.69, 9.17) is 4.74 Å². The van der Waals surface area contributed by atoms with Gasteiger partial charge in [0.1, 0.15) is 0 Å². The van der Waals surface area contributed by atoms with E-state index in [0.717, 1.165) is 0 Å². The Morgan fingerprint density at radius 1 is 0.769 bits per heavy atom. The third-order valence-electron chi connectivity index (χ3n) is 0.818. The Labute approximate surface area is 126 Å². The molecule has 0 aromatic rings. The van der Waals surface area contributed by atoms with Crippen LogP contribution in [0.1, 0.15) is 0 Å². The first-order valence-corrected chi connectivity index (χ1v) is 7.46. The third kappa shape index (κ3) is 6.83. The van der Waals surface area contributed by atoms with Crippen molar-refractivity contribution in [2.75, 3.05) is 0 Å². The first-order chi connectivity index (χ1) is 5.55. The highest BCUT2D eigenvalue weighted by Crippen LogP contribution is 2.42. The number of aliphatic hydroxyl groups is 2. The van der Waals surface area contributed by atoms with Gasteiger partial charge in [-0.1, -0.05) is 95.6 Å². The minimum atomic E-state index is -1.28. The largest absolute Gasteiger partial charge is 0.365 e. The Morgan fingerprint density at radius 2 is 1.00 bits per heavy atom. The number of alkyl halides is 6. The van der Waals surface area contributed by atoms with Crippen LogP contribution in [0.15, 0.2) is 0 Å². The van der Waals surface area contributed by atoms with Crippen LogP contribution in [0.5, 0.6) is 0 Å². The van der Waals surface area contributed by atoms with Crippen LogP contribution in [0.3, 0.4) is 0 Å². The molecule has 0 bridgehead atoms. The van der Waals surface area contributed by atoms with Gasteiger partial charge in [-0.3, -0.25) is 0 Å². The molecule has 0 rings (SSSR count). The Kier molecular flexibility index (Phi) is 7.16. The number of halogens is 6. The van der Waals surface area contributed by atoms with E-state index in [2.05, 4.69) is 95.6 Å². The summed E-state index contributed by atoms with van der Waals surface area (Å²) in [6, 6.07) is 0. The summed E-state index contributed by atoms with van der Waals surface area (Å²) in [6.45, 7) is 0. The first kappa shape index (κ1) is 15.8. The van der Waals surface area contributed by atoms with Crippen LogP contribution in [-0.4, -0.2) is 27.1 Å². The zero-order valence-corrected chi connectivity index (χ0v) is 15.2. The Hall–Kier alpha value is 2.76. The average Bonchev–Trinajstić information content (AvgIpc) is 1.82. The van der Waals surface area contributed by atoms with E-state index in [-0.39, 0.29) is 0 Å². The minimum Gasteiger partial charge on any atom is -0.365 e. The van der Waals surface area contributed by atoms with Crippen molar-refractivity contribution in [3.8, 4) is 0 Å². The van der Waals surface area contributed by atoms with Crippen LogP contribution in [0.4, 0.5) is 0 Å². The van der Waals surface area contributed by atoms with Gasteiger partial charge in [0.25, 0.3) is 0 Å². The standard InChI is InChI=1S/C4H4Br6O3/c5-3(6,7)1(11)13-2(12)4(8,9)10/h1-2,11-12H. The summed E-state index contributed by atoms with van der Waals surface area (Å²) in [7, 11) is 0. The lowest BCUT2D eigenvalue weighted by Crippen LogP contribution is -2.37. The van der Waals surface area contributed by atoms with E-state index in [0.29, 0.717) is 0 Å². The number of hydrogen-bond donors (Lipinski definition) is 2. The fraction of sp³-hybridized carbons (Fsp3) is 1.00. The summed E-state index contributed by atoms with van der Waals surface area (Å²) >= 11 is 18.2. The third-order valence-corrected chi connectivity index (χ3v) is 3.17. The molecule has 0 fully saturated rings. The Bertz CT molecular complexity index is 144. The van der Waals surface area contributed by atoms with E-state index in [1.54, 1.807) is 0 Å². The molecule has 0 saturated carbocycles. The van der Waals surface area contributed by atoms with E-state index in [9.17, 15) is 10.2 Å². The van der Waals surface area contributed by atoms with Crippen LogP contribution in [0, 0.1) is 0 Å². The number of ether oxygens (including phenoxy) is 1. The summed E-state index contributed by atoms with van der Waals surface area (Å²) in [5.74, 6) is 0. The van der Waals surface area contributed by atoms with Gasteiger partial charge in [0.15, 0.2) is 16.9 Å². The second kappa shape index (κ2) is 5.90. The fourth-order valence-corrected chi connectivity index (χ4v) is 0.924. The van der Waals surface area contributed by atoms with Gasteiger partial charge >= 0.3 is 0 Å². The lowest BCUT2D eigenvalue weighted by Gasteiger charge is -2.27. The molecule has 0 aromatic carbocycles. The van der Waals surface area contributed by atoms with Crippen molar-refractivity contribution in [2.24, 2.45) is 0 Å². The lowest BCUT2D eigenvalue weighted by atomic mass is 10.7. The maximum Gasteiger partial charge on any atom is 0.193 e. The molecule has 0 aliphatic carbocycles. The highest BCUT2D eigenvalue weighted by Gasteiger charge is 2.37. The van der Waals surface area contributed by atoms with Gasteiger partial charge in [0, 0.05) is 0 Å². The van der Waals surface area contributed by atoms with Crippen molar-refractivity contribution in [3.63, 3.8) is 0 Å². The van der Waals surface area contributed by atoms with Crippen LogP contribution in [0.2, 0.25) is 0 Å². The molecule has 9 heteroatoms. The predicted octanol–water partition coefficient (Wildman–Crippen LogP) is 3.32. The van der Waals surface area contributed by atoms with Gasteiger partial charge in [-0.25, -0.2) is 0 Å². The quantitative estimate of drug-likeness (QED) is 0.390.